The van der Waals surface area contributed by atoms with Crippen LogP contribution in [0.1, 0.15) is 44.2 Å². The fraction of sp³-hybridized carbons (Fsp3) is 0.562. The molecule has 0 radical (unpaired) electrons. The summed E-state index contributed by atoms with van der Waals surface area (Å²) in [6.07, 6.45) is 4.36. The highest BCUT2D eigenvalue weighted by molar-refractivity contribution is 5.77. The molecule has 0 heterocycles. The molecule has 0 unspecified atom stereocenters. The summed E-state index contributed by atoms with van der Waals surface area (Å²) in [5.41, 5.74) is 1.90. The Hall–Kier alpha value is -1.31. The Kier molecular flexibility index (Phi) is 3.74. The molecule has 18 heavy (non-hydrogen) atoms. The van der Waals surface area contributed by atoms with Gasteiger partial charge in [0.2, 0.25) is 0 Å². The van der Waals surface area contributed by atoms with Crippen molar-refractivity contribution < 1.29 is 9.90 Å². The van der Waals surface area contributed by atoms with Crippen LogP contribution in [0, 0.1) is 11.3 Å². The van der Waals surface area contributed by atoms with E-state index in [-0.39, 0.29) is 0 Å². The van der Waals surface area contributed by atoms with Gasteiger partial charge in [-0.3, -0.25) is 4.79 Å². The Morgan fingerprint density at radius 2 is 1.72 bits per heavy atom. The average Bonchev–Trinajstić information content (AvgIpc) is 2.75. The van der Waals surface area contributed by atoms with Gasteiger partial charge in [-0.25, -0.2) is 0 Å². The van der Waals surface area contributed by atoms with E-state index in [9.17, 15) is 9.90 Å². The van der Waals surface area contributed by atoms with E-state index in [1.807, 2.05) is 12.1 Å². The molecule has 0 saturated heterocycles. The van der Waals surface area contributed by atoms with Gasteiger partial charge in [0.25, 0.3) is 0 Å². The van der Waals surface area contributed by atoms with Gasteiger partial charge >= 0.3 is 5.97 Å². The fourth-order valence-electron chi connectivity index (χ4n) is 3.21. The normalized spacial score (nSPS) is 16.8. The second-order valence-electron chi connectivity index (χ2n) is 5.59. The Bertz CT molecular complexity index is 407. The highest BCUT2D eigenvalue weighted by atomic mass is 16.4. The minimum atomic E-state index is -0.620. The van der Waals surface area contributed by atoms with E-state index in [0.29, 0.717) is 18.8 Å². The van der Waals surface area contributed by atoms with Crippen molar-refractivity contribution in [2.45, 2.75) is 46.0 Å². The number of hydrogen-bond donors (Lipinski definition) is 1. The molecule has 1 aromatic carbocycles. The number of carboxylic acids is 1. The van der Waals surface area contributed by atoms with Crippen molar-refractivity contribution in [3.8, 4) is 0 Å². The lowest BCUT2D eigenvalue weighted by Crippen LogP contribution is -2.34. The van der Waals surface area contributed by atoms with Gasteiger partial charge in [-0.15, -0.1) is 0 Å². The average molecular weight is 246 g/mol. The minimum absolute atomic E-state index is 0.524. The van der Waals surface area contributed by atoms with E-state index in [4.69, 9.17) is 0 Å². The number of carbonyl (C=O) groups is 1. The Labute approximate surface area is 109 Å². The van der Waals surface area contributed by atoms with Crippen molar-refractivity contribution in [1.29, 1.82) is 0 Å². The van der Waals surface area contributed by atoms with E-state index in [1.165, 1.54) is 11.1 Å². The summed E-state index contributed by atoms with van der Waals surface area (Å²) in [5.74, 6) is -0.0963. The summed E-state index contributed by atoms with van der Waals surface area (Å²) in [4.78, 5) is 11.8. The van der Waals surface area contributed by atoms with Gasteiger partial charge in [-0.2, -0.15) is 0 Å². The molecule has 0 bridgehead atoms. The second kappa shape index (κ2) is 5.13. The topological polar surface area (TPSA) is 37.3 Å². The zero-order valence-corrected chi connectivity index (χ0v) is 11.3. The van der Waals surface area contributed by atoms with Crippen molar-refractivity contribution in [2.75, 3.05) is 0 Å². The zero-order valence-electron chi connectivity index (χ0n) is 11.3. The van der Waals surface area contributed by atoms with Gasteiger partial charge in [-0.1, -0.05) is 51.0 Å². The van der Waals surface area contributed by atoms with Gasteiger partial charge in [-0.05, 0) is 36.3 Å². The Balaban J connectivity index is 2.24. The van der Waals surface area contributed by atoms with Gasteiger partial charge < -0.3 is 5.11 Å². The van der Waals surface area contributed by atoms with Crippen LogP contribution >= 0.6 is 0 Å². The van der Waals surface area contributed by atoms with Crippen molar-refractivity contribution in [1.82, 2.24) is 0 Å². The predicted molar refractivity (Wildman–Crippen MR) is 72.6 cm³/mol. The molecule has 0 spiro atoms. The molecular weight excluding hydrogens is 224 g/mol. The standard InChI is InChI=1S/C16H22O2/c1-3-12(4-2)9-16(15(17)18)10-13-7-5-6-8-14(13)11-16/h5-8,12H,3-4,9-11H2,1-2H3,(H,17,18). The van der Waals surface area contributed by atoms with Crippen LogP contribution in [0.4, 0.5) is 0 Å². The maximum atomic E-state index is 11.8. The summed E-state index contributed by atoms with van der Waals surface area (Å²) >= 11 is 0. The lowest BCUT2D eigenvalue weighted by atomic mass is 9.75. The predicted octanol–water partition coefficient (Wildman–Crippen LogP) is 3.68. The monoisotopic (exact) mass is 246 g/mol. The first-order valence-corrected chi connectivity index (χ1v) is 6.91. The summed E-state index contributed by atoms with van der Waals surface area (Å²) in [7, 11) is 0. The van der Waals surface area contributed by atoms with Crippen LogP contribution < -0.4 is 0 Å². The summed E-state index contributed by atoms with van der Waals surface area (Å²) in [6, 6.07) is 8.17. The zero-order chi connectivity index (χ0) is 13.2. The molecule has 2 heteroatoms. The van der Waals surface area contributed by atoms with Crippen molar-refractivity contribution in [3.63, 3.8) is 0 Å². The SMILES string of the molecule is CCC(CC)CC1(C(=O)O)Cc2ccccc2C1. The summed E-state index contributed by atoms with van der Waals surface area (Å²) in [6.45, 7) is 4.32. The molecule has 2 rings (SSSR count). The van der Waals surface area contributed by atoms with E-state index in [2.05, 4.69) is 26.0 Å². The largest absolute Gasteiger partial charge is 0.481 e. The highest BCUT2D eigenvalue weighted by Crippen LogP contribution is 2.43. The fourth-order valence-corrected chi connectivity index (χ4v) is 3.21. The second-order valence-corrected chi connectivity index (χ2v) is 5.59. The van der Waals surface area contributed by atoms with Crippen LogP contribution in [0.5, 0.6) is 0 Å². The molecule has 1 aromatic rings. The Morgan fingerprint density at radius 3 is 2.11 bits per heavy atom. The Morgan fingerprint density at radius 1 is 1.22 bits per heavy atom. The van der Waals surface area contributed by atoms with Crippen LogP contribution in [0.25, 0.3) is 0 Å². The molecule has 98 valence electrons. The van der Waals surface area contributed by atoms with E-state index in [1.54, 1.807) is 0 Å². The quantitative estimate of drug-likeness (QED) is 0.860. The summed E-state index contributed by atoms with van der Waals surface area (Å²) in [5, 5.41) is 9.68. The molecule has 0 atom stereocenters. The van der Waals surface area contributed by atoms with Crippen LogP contribution in [-0.2, 0) is 17.6 Å². The maximum absolute atomic E-state index is 11.8. The van der Waals surface area contributed by atoms with Gasteiger partial charge in [0.15, 0.2) is 0 Å². The highest BCUT2D eigenvalue weighted by Gasteiger charge is 2.44. The number of fused-ring (bicyclic) bond motifs is 1. The van der Waals surface area contributed by atoms with Crippen LogP contribution in [0.2, 0.25) is 0 Å². The third kappa shape index (κ3) is 2.29. The third-order valence-corrected chi connectivity index (χ3v) is 4.46. The molecule has 0 aromatic heterocycles. The molecule has 0 fully saturated rings. The number of hydrogen-bond acceptors (Lipinski definition) is 1. The number of carboxylic acid groups (broad SMARTS) is 1. The summed E-state index contributed by atoms with van der Waals surface area (Å²) < 4.78 is 0. The van der Waals surface area contributed by atoms with Gasteiger partial charge in [0.05, 0.1) is 5.41 Å². The lowest BCUT2D eigenvalue weighted by molar-refractivity contribution is -0.149. The minimum Gasteiger partial charge on any atom is -0.481 e. The van der Waals surface area contributed by atoms with Gasteiger partial charge in [0.1, 0.15) is 0 Å². The smallest absolute Gasteiger partial charge is 0.310 e. The molecule has 1 aliphatic rings. The van der Waals surface area contributed by atoms with Crippen molar-refractivity contribution >= 4 is 5.97 Å². The van der Waals surface area contributed by atoms with E-state index in [0.717, 1.165) is 19.3 Å². The maximum Gasteiger partial charge on any atom is 0.310 e. The molecule has 0 aliphatic heterocycles. The number of benzene rings is 1. The molecule has 1 aliphatic carbocycles. The molecular formula is C16H22O2. The number of aliphatic carboxylic acids is 1. The molecule has 0 saturated carbocycles. The van der Waals surface area contributed by atoms with Crippen molar-refractivity contribution in [3.05, 3.63) is 35.4 Å². The van der Waals surface area contributed by atoms with E-state index < -0.39 is 11.4 Å². The van der Waals surface area contributed by atoms with Crippen LogP contribution in [0.3, 0.4) is 0 Å². The van der Waals surface area contributed by atoms with E-state index >= 15 is 0 Å². The lowest BCUT2D eigenvalue weighted by Gasteiger charge is -2.28. The van der Waals surface area contributed by atoms with Crippen LogP contribution in [-0.4, -0.2) is 11.1 Å². The third-order valence-electron chi connectivity index (χ3n) is 4.46. The van der Waals surface area contributed by atoms with Gasteiger partial charge in [0, 0.05) is 0 Å². The molecule has 2 nitrogen and oxygen atoms in total. The molecule has 0 amide bonds. The van der Waals surface area contributed by atoms with Crippen LogP contribution in [0.15, 0.2) is 24.3 Å². The first kappa shape index (κ1) is 13.1. The first-order valence-electron chi connectivity index (χ1n) is 6.91. The van der Waals surface area contributed by atoms with Crippen molar-refractivity contribution in [2.24, 2.45) is 11.3 Å². The molecule has 1 N–H and O–H groups in total. The first-order chi connectivity index (χ1) is 8.61. The number of rotatable bonds is 5.